The van der Waals surface area contributed by atoms with Gasteiger partial charge < -0.3 is 4.90 Å². The van der Waals surface area contributed by atoms with Gasteiger partial charge in [0.1, 0.15) is 5.78 Å². The first-order chi connectivity index (χ1) is 8.74. The molecular weight excluding hydrogens is 222 g/mol. The van der Waals surface area contributed by atoms with Gasteiger partial charge in [0.05, 0.1) is 0 Å². The highest BCUT2D eigenvalue weighted by molar-refractivity contribution is 5.78. The monoisotopic (exact) mass is 253 g/mol. The summed E-state index contributed by atoms with van der Waals surface area (Å²) in [4.78, 5) is 13.9. The van der Waals surface area contributed by atoms with E-state index in [4.69, 9.17) is 0 Å². The zero-order chi connectivity index (χ0) is 13.2. The average Bonchev–Trinajstić information content (AvgIpc) is 2.38. The molecule has 0 saturated carbocycles. The van der Waals surface area contributed by atoms with Gasteiger partial charge in [-0.25, -0.2) is 0 Å². The van der Waals surface area contributed by atoms with Gasteiger partial charge in [0.25, 0.3) is 0 Å². The maximum atomic E-state index is 11.4. The van der Waals surface area contributed by atoms with Crippen molar-refractivity contribution in [2.24, 2.45) is 5.92 Å². The third-order valence-corrected chi connectivity index (χ3v) is 4.16. The van der Waals surface area contributed by atoms with Gasteiger partial charge in [0, 0.05) is 12.5 Å². The Labute approximate surface area is 113 Å². The minimum Gasteiger partial charge on any atom is -0.303 e. The van der Waals surface area contributed by atoms with Crippen molar-refractivity contribution in [3.8, 4) is 0 Å². The van der Waals surface area contributed by atoms with Gasteiger partial charge in [-0.2, -0.15) is 0 Å². The lowest BCUT2D eigenvalue weighted by molar-refractivity contribution is -0.122. The molecule has 0 spiro atoms. The van der Waals surface area contributed by atoms with E-state index in [0.717, 1.165) is 13.0 Å². The van der Waals surface area contributed by atoms with E-state index < -0.39 is 0 Å². The quantitative estimate of drug-likeness (QED) is 0.578. The Kier molecular flexibility index (Phi) is 8.32. The van der Waals surface area contributed by atoms with Gasteiger partial charge >= 0.3 is 0 Å². The van der Waals surface area contributed by atoms with E-state index in [1.54, 1.807) is 6.92 Å². The number of Topliss-reactive ketones (excluding diaryl/α,β-unsaturated/α-hetero) is 1. The van der Waals surface area contributed by atoms with Crippen LogP contribution in [-0.4, -0.2) is 30.3 Å². The van der Waals surface area contributed by atoms with Crippen LogP contribution in [0.2, 0.25) is 0 Å². The predicted molar refractivity (Wildman–Crippen MR) is 77.8 cm³/mol. The van der Waals surface area contributed by atoms with E-state index in [1.165, 1.54) is 64.5 Å². The number of nitrogens with zero attached hydrogens (tertiary/aromatic N) is 1. The van der Waals surface area contributed by atoms with Crippen LogP contribution in [0.3, 0.4) is 0 Å². The van der Waals surface area contributed by atoms with Crippen LogP contribution in [-0.2, 0) is 4.79 Å². The van der Waals surface area contributed by atoms with Crippen molar-refractivity contribution >= 4 is 5.78 Å². The van der Waals surface area contributed by atoms with E-state index in [1.807, 2.05) is 0 Å². The molecule has 1 aliphatic rings. The summed E-state index contributed by atoms with van der Waals surface area (Å²) in [5.74, 6) is 0.711. The molecule has 0 aromatic rings. The van der Waals surface area contributed by atoms with Gasteiger partial charge in [-0.05, 0) is 39.3 Å². The molecule has 1 heterocycles. The molecule has 18 heavy (non-hydrogen) atoms. The van der Waals surface area contributed by atoms with Crippen LogP contribution < -0.4 is 0 Å². The first kappa shape index (κ1) is 15.7. The van der Waals surface area contributed by atoms with E-state index in [9.17, 15) is 4.79 Å². The Morgan fingerprint density at radius 2 is 1.78 bits per heavy atom. The predicted octanol–water partition coefficient (Wildman–Crippen LogP) is 4.04. The van der Waals surface area contributed by atoms with Crippen molar-refractivity contribution in [3.05, 3.63) is 0 Å². The Hall–Kier alpha value is -0.370. The molecule has 1 atom stereocenters. The fraction of sp³-hybridized carbons (Fsp3) is 0.938. The lowest BCUT2D eigenvalue weighted by Gasteiger charge is -2.31. The first-order valence-electron chi connectivity index (χ1n) is 7.97. The number of carbonyl (C=O) groups is 1. The van der Waals surface area contributed by atoms with Crippen LogP contribution in [0, 0.1) is 5.92 Å². The van der Waals surface area contributed by atoms with Crippen LogP contribution in [0.4, 0.5) is 0 Å². The van der Waals surface area contributed by atoms with E-state index in [0.29, 0.717) is 11.7 Å². The minimum absolute atomic E-state index is 0.323. The first-order valence-corrected chi connectivity index (χ1v) is 7.97. The van der Waals surface area contributed by atoms with Crippen molar-refractivity contribution in [2.45, 2.75) is 71.6 Å². The van der Waals surface area contributed by atoms with Crippen molar-refractivity contribution in [1.29, 1.82) is 0 Å². The second-order valence-corrected chi connectivity index (χ2v) is 5.87. The van der Waals surface area contributed by atoms with E-state index in [2.05, 4.69) is 11.8 Å². The zero-order valence-corrected chi connectivity index (χ0v) is 12.4. The Morgan fingerprint density at radius 1 is 1.11 bits per heavy atom. The molecule has 0 bridgehead atoms. The molecule has 2 nitrogen and oxygen atoms in total. The molecule has 106 valence electrons. The number of likely N-dealkylation sites (tertiary alicyclic amines) is 1. The summed E-state index contributed by atoms with van der Waals surface area (Å²) in [6, 6.07) is 0. The zero-order valence-electron chi connectivity index (χ0n) is 12.4. The summed E-state index contributed by atoms with van der Waals surface area (Å²) >= 11 is 0. The second kappa shape index (κ2) is 9.55. The molecule has 2 heteroatoms. The molecule has 0 aromatic carbocycles. The number of carbonyl (C=O) groups excluding carboxylic acids is 1. The van der Waals surface area contributed by atoms with Gasteiger partial charge in [0.2, 0.25) is 0 Å². The molecule has 1 saturated heterocycles. The Bertz CT molecular complexity index is 227. The van der Waals surface area contributed by atoms with Crippen LogP contribution in [0.25, 0.3) is 0 Å². The lowest BCUT2D eigenvalue weighted by atomic mass is 9.94. The van der Waals surface area contributed by atoms with Crippen LogP contribution >= 0.6 is 0 Å². The molecule has 0 aromatic heterocycles. The van der Waals surface area contributed by atoms with E-state index in [-0.39, 0.29) is 0 Å². The maximum absolute atomic E-state index is 11.4. The molecule has 0 amide bonds. The molecular formula is C16H31NO. The normalized spacial score (nSPS) is 21.1. The lowest BCUT2D eigenvalue weighted by Crippen LogP contribution is -2.38. The summed E-state index contributed by atoms with van der Waals surface area (Å²) in [5, 5.41) is 0. The van der Waals surface area contributed by atoms with Crippen molar-refractivity contribution in [1.82, 2.24) is 4.90 Å². The Morgan fingerprint density at radius 3 is 2.44 bits per heavy atom. The topological polar surface area (TPSA) is 20.3 Å². The molecule has 0 N–H and O–H groups in total. The Balaban J connectivity index is 2.00. The summed E-state index contributed by atoms with van der Waals surface area (Å²) in [5.41, 5.74) is 0. The summed E-state index contributed by atoms with van der Waals surface area (Å²) in [6.07, 6.45) is 11.9. The van der Waals surface area contributed by atoms with Crippen molar-refractivity contribution in [2.75, 3.05) is 19.6 Å². The number of unbranched alkanes of at least 4 members (excludes halogenated alkanes) is 6. The highest BCUT2D eigenvalue weighted by Crippen LogP contribution is 2.18. The van der Waals surface area contributed by atoms with Crippen molar-refractivity contribution in [3.63, 3.8) is 0 Å². The molecule has 1 unspecified atom stereocenters. The summed E-state index contributed by atoms with van der Waals surface area (Å²) < 4.78 is 0. The van der Waals surface area contributed by atoms with Crippen LogP contribution in [0.5, 0.6) is 0 Å². The van der Waals surface area contributed by atoms with Crippen LogP contribution in [0.1, 0.15) is 71.6 Å². The van der Waals surface area contributed by atoms with Crippen molar-refractivity contribution < 1.29 is 4.79 Å². The largest absolute Gasteiger partial charge is 0.303 e. The maximum Gasteiger partial charge on any atom is 0.134 e. The molecule has 1 aliphatic heterocycles. The third kappa shape index (κ3) is 6.53. The minimum atomic E-state index is 0.323. The number of hydrogen-bond donors (Lipinski definition) is 0. The number of hydrogen-bond acceptors (Lipinski definition) is 2. The number of rotatable bonds is 9. The van der Waals surface area contributed by atoms with E-state index >= 15 is 0 Å². The SMILES string of the molecule is CCCCCCCCCN1CCCC(C(C)=O)C1. The second-order valence-electron chi connectivity index (χ2n) is 5.87. The van der Waals surface area contributed by atoms with Gasteiger partial charge in [-0.15, -0.1) is 0 Å². The highest BCUT2D eigenvalue weighted by atomic mass is 16.1. The van der Waals surface area contributed by atoms with Gasteiger partial charge in [-0.3, -0.25) is 4.79 Å². The van der Waals surface area contributed by atoms with Gasteiger partial charge in [0.15, 0.2) is 0 Å². The smallest absolute Gasteiger partial charge is 0.134 e. The third-order valence-electron chi connectivity index (χ3n) is 4.16. The number of piperidine rings is 1. The van der Waals surface area contributed by atoms with Crippen LogP contribution in [0.15, 0.2) is 0 Å². The fourth-order valence-corrected chi connectivity index (χ4v) is 2.88. The average molecular weight is 253 g/mol. The highest BCUT2D eigenvalue weighted by Gasteiger charge is 2.22. The fourth-order valence-electron chi connectivity index (χ4n) is 2.88. The summed E-state index contributed by atoms with van der Waals surface area (Å²) in [7, 11) is 0. The molecule has 0 radical (unpaired) electrons. The summed E-state index contributed by atoms with van der Waals surface area (Å²) in [6.45, 7) is 7.45. The number of ketones is 1. The molecule has 1 fully saturated rings. The molecule has 0 aliphatic carbocycles. The van der Waals surface area contributed by atoms with Gasteiger partial charge in [-0.1, -0.05) is 45.4 Å². The standard InChI is InChI=1S/C16H31NO/c1-3-4-5-6-7-8-9-12-17-13-10-11-16(14-17)15(2)18/h16H,3-14H2,1-2H3. The molecule has 1 rings (SSSR count).